The third kappa shape index (κ3) is 3.14. The van der Waals surface area contributed by atoms with E-state index in [1.165, 1.54) is 12.8 Å². The number of halogens is 1. The molecule has 3 N–H and O–H groups in total. The van der Waals surface area contributed by atoms with E-state index in [0.717, 1.165) is 38.6 Å². The van der Waals surface area contributed by atoms with Crippen molar-refractivity contribution in [1.29, 1.82) is 0 Å². The molecule has 0 amide bonds. The van der Waals surface area contributed by atoms with Crippen LogP contribution in [0.5, 0.6) is 0 Å². The third-order valence-electron chi connectivity index (χ3n) is 5.18. The van der Waals surface area contributed by atoms with Gasteiger partial charge in [-0.2, -0.15) is 17.4 Å². The van der Waals surface area contributed by atoms with Gasteiger partial charge in [-0.1, -0.05) is 12.8 Å². The van der Waals surface area contributed by atoms with E-state index in [2.05, 4.69) is 4.72 Å². The monoisotopic (exact) mass is 323 g/mol. The zero-order chi connectivity index (χ0) is 13.5. The molecule has 1 saturated heterocycles. The van der Waals surface area contributed by atoms with Gasteiger partial charge in [-0.25, -0.2) is 0 Å². The van der Waals surface area contributed by atoms with Crippen molar-refractivity contribution in [3.63, 3.8) is 0 Å². The van der Waals surface area contributed by atoms with Crippen molar-refractivity contribution >= 4 is 22.6 Å². The second-order valence-corrected chi connectivity index (χ2v) is 8.07. The van der Waals surface area contributed by atoms with Gasteiger partial charge < -0.3 is 5.73 Å². The minimum atomic E-state index is -3.31. The van der Waals surface area contributed by atoms with E-state index in [4.69, 9.17) is 5.73 Å². The molecule has 0 aromatic carbocycles. The van der Waals surface area contributed by atoms with Crippen molar-refractivity contribution in [3.05, 3.63) is 0 Å². The highest BCUT2D eigenvalue weighted by atomic mass is 35.5. The molecule has 1 heterocycles. The van der Waals surface area contributed by atoms with Gasteiger partial charge in [-0.15, -0.1) is 12.4 Å². The van der Waals surface area contributed by atoms with E-state index in [9.17, 15) is 8.42 Å². The van der Waals surface area contributed by atoms with Gasteiger partial charge >= 0.3 is 0 Å². The van der Waals surface area contributed by atoms with Crippen LogP contribution in [0.3, 0.4) is 0 Å². The maximum absolute atomic E-state index is 12.5. The van der Waals surface area contributed by atoms with Crippen LogP contribution in [0.15, 0.2) is 0 Å². The first-order valence-corrected chi connectivity index (χ1v) is 9.03. The molecule has 1 aliphatic heterocycles. The molecule has 20 heavy (non-hydrogen) atoms. The molecular formula is C13H26ClN3O2S. The molecule has 5 nitrogen and oxygen atoms in total. The fraction of sp³-hybridized carbons (Fsp3) is 1.00. The van der Waals surface area contributed by atoms with E-state index >= 15 is 0 Å². The minimum absolute atomic E-state index is 0. The normalized spacial score (nSPS) is 37.9. The fourth-order valence-corrected chi connectivity index (χ4v) is 5.90. The van der Waals surface area contributed by atoms with Crippen molar-refractivity contribution in [3.8, 4) is 0 Å². The summed E-state index contributed by atoms with van der Waals surface area (Å²) in [6.07, 6.45) is 7.57. The molecule has 2 saturated carbocycles. The smallest absolute Gasteiger partial charge is 0.279 e. The van der Waals surface area contributed by atoms with E-state index in [1.54, 1.807) is 4.31 Å². The van der Waals surface area contributed by atoms with E-state index in [-0.39, 0.29) is 24.5 Å². The number of hydrogen-bond acceptors (Lipinski definition) is 3. The largest absolute Gasteiger partial charge is 0.330 e. The van der Waals surface area contributed by atoms with E-state index in [0.29, 0.717) is 18.4 Å². The van der Waals surface area contributed by atoms with Gasteiger partial charge in [0.15, 0.2) is 0 Å². The number of rotatable bonds is 4. The molecule has 4 unspecified atom stereocenters. The second-order valence-electron chi connectivity index (χ2n) is 6.41. The average molecular weight is 324 g/mol. The topological polar surface area (TPSA) is 75.4 Å². The highest BCUT2D eigenvalue weighted by molar-refractivity contribution is 7.87. The number of piperidine rings is 1. The lowest BCUT2D eigenvalue weighted by atomic mass is 9.85. The SMILES string of the molecule is Cl.NCC1CCCCC1NS(=O)(=O)N1CC2CCC1C2. The van der Waals surface area contributed by atoms with Crippen LogP contribution < -0.4 is 10.5 Å². The van der Waals surface area contributed by atoms with Crippen LogP contribution in [0, 0.1) is 11.8 Å². The molecule has 0 radical (unpaired) electrons. The molecular weight excluding hydrogens is 298 g/mol. The number of nitrogens with one attached hydrogen (secondary N) is 1. The zero-order valence-corrected chi connectivity index (χ0v) is 13.5. The van der Waals surface area contributed by atoms with Crippen molar-refractivity contribution in [1.82, 2.24) is 9.03 Å². The Morgan fingerprint density at radius 1 is 1.15 bits per heavy atom. The summed E-state index contributed by atoms with van der Waals surface area (Å²) in [5.74, 6) is 0.904. The molecule has 3 rings (SSSR count). The number of fused-ring (bicyclic) bond motifs is 2. The van der Waals surface area contributed by atoms with Gasteiger partial charge in [-0.3, -0.25) is 0 Å². The van der Waals surface area contributed by atoms with Gasteiger partial charge in [0.2, 0.25) is 0 Å². The predicted octanol–water partition coefficient (Wildman–Crippen LogP) is 1.24. The number of nitrogens with zero attached hydrogens (tertiary/aromatic N) is 1. The Hall–Kier alpha value is 0.120. The maximum Gasteiger partial charge on any atom is 0.279 e. The second kappa shape index (κ2) is 6.48. The molecule has 118 valence electrons. The van der Waals surface area contributed by atoms with Gasteiger partial charge in [-0.05, 0) is 50.5 Å². The van der Waals surface area contributed by atoms with Crippen molar-refractivity contribution in [2.24, 2.45) is 17.6 Å². The highest BCUT2D eigenvalue weighted by Crippen LogP contribution is 2.39. The predicted molar refractivity (Wildman–Crippen MR) is 81.9 cm³/mol. The standard InChI is InChI=1S/C13H25N3O2S.ClH/c14-8-11-3-1-2-4-13(11)15-19(17,18)16-9-10-5-6-12(16)7-10;/h10-13,15H,1-9,14H2;1H. The molecule has 2 bridgehead atoms. The first-order chi connectivity index (χ1) is 9.10. The summed E-state index contributed by atoms with van der Waals surface area (Å²) in [4.78, 5) is 0. The first-order valence-electron chi connectivity index (χ1n) is 7.59. The lowest BCUT2D eigenvalue weighted by Crippen LogP contribution is -2.52. The maximum atomic E-state index is 12.5. The Bertz CT molecular complexity index is 431. The molecule has 2 aliphatic carbocycles. The van der Waals surface area contributed by atoms with Crippen LogP contribution in [0.4, 0.5) is 0 Å². The van der Waals surface area contributed by atoms with E-state index < -0.39 is 10.2 Å². The van der Waals surface area contributed by atoms with Gasteiger partial charge in [0, 0.05) is 18.6 Å². The summed E-state index contributed by atoms with van der Waals surface area (Å²) in [6, 6.07) is 0.297. The molecule has 3 fully saturated rings. The van der Waals surface area contributed by atoms with Crippen LogP contribution in [0.2, 0.25) is 0 Å². The summed E-state index contributed by atoms with van der Waals surface area (Å²) in [5.41, 5.74) is 5.78. The Balaban J connectivity index is 0.00000147. The summed E-state index contributed by atoms with van der Waals surface area (Å²) in [7, 11) is -3.31. The lowest BCUT2D eigenvalue weighted by Gasteiger charge is -2.34. The van der Waals surface area contributed by atoms with Gasteiger partial charge in [0.05, 0.1) is 0 Å². The van der Waals surface area contributed by atoms with Gasteiger partial charge in [0.1, 0.15) is 0 Å². The quantitative estimate of drug-likeness (QED) is 0.817. The van der Waals surface area contributed by atoms with Crippen molar-refractivity contribution < 1.29 is 8.42 Å². The molecule has 0 aromatic rings. The van der Waals surface area contributed by atoms with Crippen molar-refractivity contribution in [2.75, 3.05) is 13.1 Å². The molecule has 4 atom stereocenters. The lowest BCUT2D eigenvalue weighted by molar-refractivity contribution is 0.279. The number of nitrogens with two attached hydrogens (primary N) is 1. The number of hydrogen-bond donors (Lipinski definition) is 2. The van der Waals surface area contributed by atoms with Crippen LogP contribution >= 0.6 is 12.4 Å². The van der Waals surface area contributed by atoms with Crippen LogP contribution in [-0.4, -0.2) is 37.9 Å². The Morgan fingerprint density at radius 3 is 2.50 bits per heavy atom. The average Bonchev–Trinajstić information content (AvgIpc) is 3.01. The zero-order valence-electron chi connectivity index (χ0n) is 11.8. The molecule has 3 aliphatic rings. The Morgan fingerprint density at radius 2 is 1.90 bits per heavy atom. The van der Waals surface area contributed by atoms with Crippen LogP contribution in [0.25, 0.3) is 0 Å². The molecule has 7 heteroatoms. The van der Waals surface area contributed by atoms with Crippen LogP contribution in [-0.2, 0) is 10.2 Å². The summed E-state index contributed by atoms with van der Waals surface area (Å²) in [6.45, 7) is 1.30. The molecule has 0 spiro atoms. The summed E-state index contributed by atoms with van der Waals surface area (Å²) >= 11 is 0. The molecule has 0 aromatic heterocycles. The van der Waals surface area contributed by atoms with Crippen LogP contribution in [0.1, 0.15) is 44.9 Å². The summed E-state index contributed by atoms with van der Waals surface area (Å²) < 4.78 is 29.7. The fourth-order valence-electron chi connectivity index (χ4n) is 4.08. The Labute approximate surface area is 128 Å². The van der Waals surface area contributed by atoms with Crippen molar-refractivity contribution in [2.45, 2.75) is 57.0 Å². The minimum Gasteiger partial charge on any atom is -0.330 e. The van der Waals surface area contributed by atoms with E-state index in [1.807, 2.05) is 0 Å². The summed E-state index contributed by atoms with van der Waals surface area (Å²) in [5, 5.41) is 0. The highest BCUT2D eigenvalue weighted by Gasteiger charge is 2.44. The Kier molecular flexibility index (Phi) is 5.34. The third-order valence-corrected chi connectivity index (χ3v) is 6.85. The first kappa shape index (κ1) is 16.5. The van der Waals surface area contributed by atoms with Gasteiger partial charge in [0.25, 0.3) is 10.2 Å².